The molecule has 14 rings (SSSR count). The average molecular weight is 917 g/mol. The highest BCUT2D eigenvalue weighted by atomic mass is 15.3. The van der Waals surface area contributed by atoms with Crippen molar-refractivity contribution in [2.45, 2.75) is 106 Å². The van der Waals surface area contributed by atoms with Gasteiger partial charge < -0.3 is 9.80 Å². The Labute approximate surface area is 418 Å². The van der Waals surface area contributed by atoms with Crippen LogP contribution in [0.1, 0.15) is 118 Å². The largest absolute Gasteiger partial charge is 0.335 e. The molecule has 0 aromatic heterocycles. The zero-order valence-corrected chi connectivity index (χ0v) is 41.1. The normalized spacial score (nSPS) is 24.4. The molecule has 4 heteroatoms. The van der Waals surface area contributed by atoms with Crippen molar-refractivity contribution < 1.29 is 0 Å². The van der Waals surface area contributed by atoms with Crippen LogP contribution in [-0.2, 0) is 16.2 Å². The third-order valence-corrected chi connectivity index (χ3v) is 19.5. The van der Waals surface area contributed by atoms with Gasteiger partial charge in [0.05, 0.1) is 34.7 Å². The van der Waals surface area contributed by atoms with Crippen molar-refractivity contribution in [1.82, 2.24) is 0 Å². The summed E-state index contributed by atoms with van der Waals surface area (Å²) in [6, 6.07) is 66.4. The first kappa shape index (κ1) is 42.2. The molecule has 8 aromatic carbocycles. The van der Waals surface area contributed by atoms with Gasteiger partial charge in [0.15, 0.2) is 5.69 Å². The molecule has 0 bridgehead atoms. The summed E-state index contributed by atoms with van der Waals surface area (Å²) in [6.45, 7) is 17.6. The maximum absolute atomic E-state index is 9.66. The summed E-state index contributed by atoms with van der Waals surface area (Å²) in [5.41, 5.74) is 24.1. The number of rotatable bonds is 4. The first-order valence-electron chi connectivity index (χ1n) is 25.9. The molecule has 0 amide bonds. The third kappa shape index (κ3) is 5.33. The van der Waals surface area contributed by atoms with Gasteiger partial charge in [-0.05, 0) is 190 Å². The van der Waals surface area contributed by atoms with E-state index < -0.39 is 5.41 Å². The molecule has 0 radical (unpaired) electrons. The molecule has 71 heavy (non-hydrogen) atoms. The van der Waals surface area contributed by atoms with Crippen molar-refractivity contribution in [3.8, 4) is 50.6 Å². The number of anilines is 4. The highest BCUT2D eigenvalue weighted by molar-refractivity contribution is 5.97. The molecule has 344 valence electrons. The molecule has 4 unspecified atom stereocenters. The Morgan fingerprint density at radius 1 is 0.437 bits per heavy atom. The molecule has 4 nitrogen and oxygen atoms in total. The van der Waals surface area contributed by atoms with Crippen molar-refractivity contribution in [1.29, 1.82) is 5.26 Å². The molecule has 6 aliphatic rings. The maximum atomic E-state index is 9.66. The Balaban J connectivity index is 0.930. The monoisotopic (exact) mass is 916 g/mol. The number of hydrogen-bond acceptors (Lipinski definition) is 3. The fraction of sp³-hybridized carbons (Fsp3) is 0.254. The number of hydrogen-bond donors (Lipinski definition) is 0. The van der Waals surface area contributed by atoms with Crippen LogP contribution < -0.4 is 9.80 Å². The van der Waals surface area contributed by atoms with E-state index in [1.54, 1.807) is 0 Å². The van der Waals surface area contributed by atoms with Gasteiger partial charge >= 0.3 is 0 Å². The second-order valence-corrected chi connectivity index (χ2v) is 22.4. The lowest BCUT2D eigenvalue weighted by Crippen LogP contribution is -2.54. The van der Waals surface area contributed by atoms with Crippen molar-refractivity contribution >= 4 is 28.4 Å². The summed E-state index contributed by atoms with van der Waals surface area (Å²) in [6.07, 6.45) is 9.41. The van der Waals surface area contributed by atoms with Gasteiger partial charge in [-0.25, -0.2) is 4.85 Å². The molecule has 0 N–H and O–H groups in total. The average Bonchev–Trinajstić information content (AvgIpc) is 4.02. The fourth-order valence-electron chi connectivity index (χ4n) is 15.5. The molecule has 4 aliphatic carbocycles. The molecule has 1 spiro atoms. The van der Waals surface area contributed by atoms with Crippen LogP contribution in [0.5, 0.6) is 0 Å². The summed E-state index contributed by atoms with van der Waals surface area (Å²) < 4.78 is 0. The van der Waals surface area contributed by atoms with E-state index in [1.807, 2.05) is 24.3 Å². The van der Waals surface area contributed by atoms with E-state index in [0.29, 0.717) is 11.3 Å². The van der Waals surface area contributed by atoms with E-state index in [9.17, 15) is 5.26 Å². The molecule has 2 heterocycles. The molecule has 2 fully saturated rings. The summed E-state index contributed by atoms with van der Waals surface area (Å²) in [7, 11) is 0. The van der Waals surface area contributed by atoms with Gasteiger partial charge in [0, 0.05) is 33.6 Å². The van der Waals surface area contributed by atoms with Crippen LogP contribution in [-0.4, -0.2) is 11.1 Å². The van der Waals surface area contributed by atoms with E-state index in [-0.39, 0.29) is 21.9 Å². The van der Waals surface area contributed by atoms with Crippen LogP contribution >= 0.6 is 0 Å². The topological polar surface area (TPSA) is 34.6 Å². The van der Waals surface area contributed by atoms with Crippen LogP contribution in [0.4, 0.5) is 28.4 Å². The van der Waals surface area contributed by atoms with E-state index in [0.717, 1.165) is 31.4 Å². The molecule has 0 saturated heterocycles. The van der Waals surface area contributed by atoms with E-state index in [4.69, 9.17) is 6.57 Å². The molecule has 8 aromatic rings. The molecule has 2 saturated carbocycles. The number of benzene rings is 8. The number of fused-ring (bicyclic) bond motifs is 16. The lowest BCUT2D eigenvalue weighted by atomic mass is 9.61. The predicted molar refractivity (Wildman–Crippen MR) is 290 cm³/mol. The Bertz CT molecular complexity index is 3420. The van der Waals surface area contributed by atoms with Crippen molar-refractivity contribution in [3.63, 3.8) is 0 Å². The predicted octanol–water partition coefficient (Wildman–Crippen LogP) is 17.3. The Morgan fingerprint density at radius 3 is 1.28 bits per heavy atom. The Morgan fingerprint density at radius 2 is 0.831 bits per heavy atom. The number of nitriles is 1. The molecule has 4 atom stereocenters. The zero-order valence-electron chi connectivity index (χ0n) is 41.1. The first-order chi connectivity index (χ1) is 34.6. The minimum atomic E-state index is -0.500. The fourth-order valence-corrected chi connectivity index (χ4v) is 15.5. The van der Waals surface area contributed by atoms with Gasteiger partial charge in [-0.3, -0.25) is 0 Å². The van der Waals surface area contributed by atoms with Crippen LogP contribution in [0.25, 0.3) is 49.4 Å². The second kappa shape index (κ2) is 14.7. The zero-order chi connectivity index (χ0) is 48.1. The van der Waals surface area contributed by atoms with E-state index >= 15 is 0 Å². The first-order valence-corrected chi connectivity index (χ1v) is 25.9. The summed E-state index contributed by atoms with van der Waals surface area (Å²) in [4.78, 5) is 8.93. The van der Waals surface area contributed by atoms with Crippen molar-refractivity contribution in [2.75, 3.05) is 9.80 Å². The van der Waals surface area contributed by atoms with Crippen LogP contribution in [0.15, 0.2) is 170 Å². The van der Waals surface area contributed by atoms with Gasteiger partial charge in [-0.1, -0.05) is 137 Å². The van der Waals surface area contributed by atoms with Crippen LogP contribution in [0.2, 0.25) is 0 Å². The standard InChI is InChI=1S/C67H56N4/c1-63-34-10-12-36-65(63,3)70(49-26-18-43(42-68)19-27-49)61-32-22-46(40-59(61)63)44-20-30-53-54-31-21-45(39-58(54)67(57(53)38-44)55-16-8-6-14-51(55)52-15-7-9-17-56(52)67)47-23-33-62-60(41-47)64(2)35-11-13-37-66(64,4)71(62)50-28-24-48(69-5)25-29-50/h6-9,14-33,38-41H,10-13,34-37H2,1-4H3. The minimum absolute atomic E-state index is 0.0322. The Kier molecular flexibility index (Phi) is 8.74. The lowest BCUT2D eigenvalue weighted by Gasteiger charge is -2.50. The molecular formula is C67H56N4. The van der Waals surface area contributed by atoms with Gasteiger partial charge in [0.1, 0.15) is 0 Å². The summed E-state index contributed by atoms with van der Waals surface area (Å²) >= 11 is 0. The maximum Gasteiger partial charge on any atom is 0.187 e. The summed E-state index contributed by atoms with van der Waals surface area (Å²) in [5, 5.41) is 9.66. The smallest absolute Gasteiger partial charge is 0.187 e. The van der Waals surface area contributed by atoms with Gasteiger partial charge in [-0.2, -0.15) is 5.26 Å². The highest BCUT2D eigenvalue weighted by Crippen LogP contribution is 2.66. The van der Waals surface area contributed by atoms with Gasteiger partial charge in [-0.15, -0.1) is 0 Å². The SMILES string of the molecule is [C-]#[N+]c1ccc(N2c3ccc(-c4ccc5c(c4)C4(c6ccccc6-c6ccccc64)c4cc(-c6ccc7c(c6)C6(C)CCCCC6(C)N7c6ccc(C#N)cc6)ccc4-5)cc3C3(C)CCCCC23C)cc1. The number of nitrogens with zero attached hydrogens (tertiary/aromatic N) is 4. The van der Waals surface area contributed by atoms with Gasteiger partial charge in [0.2, 0.25) is 0 Å². The van der Waals surface area contributed by atoms with Crippen LogP contribution in [0.3, 0.4) is 0 Å². The minimum Gasteiger partial charge on any atom is -0.335 e. The molecule has 2 aliphatic heterocycles. The van der Waals surface area contributed by atoms with Crippen molar-refractivity contribution in [3.05, 3.63) is 220 Å². The molecular weight excluding hydrogens is 861 g/mol. The van der Waals surface area contributed by atoms with Gasteiger partial charge in [0.25, 0.3) is 0 Å². The van der Waals surface area contributed by atoms with E-state index in [2.05, 4.69) is 194 Å². The quantitative estimate of drug-likeness (QED) is 0.165. The second-order valence-electron chi connectivity index (χ2n) is 22.4. The Hall–Kier alpha value is -7.66. The third-order valence-electron chi connectivity index (χ3n) is 19.5. The van der Waals surface area contributed by atoms with Crippen molar-refractivity contribution in [2.24, 2.45) is 0 Å². The van der Waals surface area contributed by atoms with Crippen LogP contribution in [0, 0.1) is 17.9 Å². The summed E-state index contributed by atoms with van der Waals surface area (Å²) in [5.74, 6) is 0. The lowest BCUT2D eigenvalue weighted by molar-refractivity contribution is 0.195. The highest BCUT2D eigenvalue weighted by Gasteiger charge is 2.59. The van der Waals surface area contributed by atoms with E-state index in [1.165, 1.54) is 121 Å².